The maximum Gasteiger partial charge on any atom is 0.338 e. The summed E-state index contributed by atoms with van der Waals surface area (Å²) in [5.74, 6) is -0.268. The fourth-order valence-corrected chi connectivity index (χ4v) is 3.46. The average molecular weight is 346 g/mol. The van der Waals surface area contributed by atoms with E-state index in [-0.39, 0.29) is 24.5 Å². The third kappa shape index (κ3) is 2.89. The Morgan fingerprint density at radius 3 is 2.65 bits per heavy atom. The maximum absolute atomic E-state index is 12.4. The minimum Gasteiger partial charge on any atom is -0.457 e. The zero-order valence-electron chi connectivity index (χ0n) is 14.4. The van der Waals surface area contributed by atoms with Crippen molar-refractivity contribution in [2.45, 2.75) is 19.1 Å². The first-order valence-electron chi connectivity index (χ1n) is 8.51. The first kappa shape index (κ1) is 16.5. The SMILES string of the molecule is COC1CC(=O)c2ccc3cc(C(=O)OCc4ccccc4)ccc3c21. The molecule has 0 N–H and O–H groups in total. The van der Waals surface area contributed by atoms with Crippen LogP contribution in [0.25, 0.3) is 10.8 Å². The largest absolute Gasteiger partial charge is 0.457 e. The molecule has 0 spiro atoms. The molecule has 1 aliphatic carbocycles. The number of esters is 1. The Morgan fingerprint density at radius 1 is 1.08 bits per heavy atom. The second-order valence-corrected chi connectivity index (χ2v) is 6.38. The van der Waals surface area contributed by atoms with E-state index >= 15 is 0 Å². The van der Waals surface area contributed by atoms with E-state index in [1.54, 1.807) is 19.2 Å². The van der Waals surface area contributed by atoms with Crippen molar-refractivity contribution in [3.05, 3.63) is 82.9 Å². The molecular formula is C22H18O4. The summed E-state index contributed by atoms with van der Waals surface area (Å²) < 4.78 is 10.9. The van der Waals surface area contributed by atoms with Crippen LogP contribution in [0.1, 0.15) is 44.4 Å². The lowest BCUT2D eigenvalue weighted by Crippen LogP contribution is -2.05. The zero-order valence-corrected chi connectivity index (χ0v) is 14.4. The third-order valence-electron chi connectivity index (χ3n) is 4.79. The molecule has 4 nitrogen and oxygen atoms in total. The molecule has 0 bridgehead atoms. The van der Waals surface area contributed by atoms with Crippen LogP contribution in [-0.4, -0.2) is 18.9 Å². The van der Waals surface area contributed by atoms with Crippen molar-refractivity contribution in [1.29, 1.82) is 0 Å². The number of Topliss-reactive ketones (excluding diaryl/α,β-unsaturated/α-hetero) is 1. The van der Waals surface area contributed by atoms with E-state index in [2.05, 4.69) is 0 Å². The van der Waals surface area contributed by atoms with Crippen LogP contribution in [-0.2, 0) is 16.1 Å². The molecular weight excluding hydrogens is 328 g/mol. The van der Waals surface area contributed by atoms with Gasteiger partial charge in [0.25, 0.3) is 0 Å². The number of methoxy groups -OCH3 is 1. The number of benzene rings is 3. The van der Waals surface area contributed by atoms with Gasteiger partial charge in [0.2, 0.25) is 0 Å². The van der Waals surface area contributed by atoms with Crippen LogP contribution >= 0.6 is 0 Å². The lowest BCUT2D eigenvalue weighted by Gasteiger charge is -2.12. The van der Waals surface area contributed by atoms with Gasteiger partial charge in [0.05, 0.1) is 11.7 Å². The van der Waals surface area contributed by atoms with Gasteiger partial charge in [-0.25, -0.2) is 4.79 Å². The Labute approximate surface area is 151 Å². The fourth-order valence-electron chi connectivity index (χ4n) is 3.46. The third-order valence-corrected chi connectivity index (χ3v) is 4.79. The molecule has 4 rings (SSSR count). The molecule has 0 aliphatic heterocycles. The molecule has 0 saturated carbocycles. The normalized spacial score (nSPS) is 15.9. The van der Waals surface area contributed by atoms with Crippen molar-refractivity contribution in [3.8, 4) is 0 Å². The Morgan fingerprint density at radius 2 is 1.88 bits per heavy atom. The van der Waals surface area contributed by atoms with E-state index in [1.807, 2.05) is 48.5 Å². The van der Waals surface area contributed by atoms with Crippen molar-refractivity contribution in [3.63, 3.8) is 0 Å². The highest BCUT2D eigenvalue weighted by molar-refractivity contribution is 6.07. The molecule has 1 unspecified atom stereocenters. The molecule has 0 fully saturated rings. The molecule has 1 atom stereocenters. The van der Waals surface area contributed by atoms with Crippen LogP contribution in [0.5, 0.6) is 0 Å². The van der Waals surface area contributed by atoms with Gasteiger partial charge in [0.15, 0.2) is 5.78 Å². The maximum atomic E-state index is 12.4. The minimum atomic E-state index is -0.365. The van der Waals surface area contributed by atoms with Gasteiger partial charge in [0, 0.05) is 19.1 Å². The predicted octanol–water partition coefficient (Wildman–Crippen LogP) is 4.47. The average Bonchev–Trinajstić information content (AvgIpc) is 3.02. The second-order valence-electron chi connectivity index (χ2n) is 6.38. The van der Waals surface area contributed by atoms with Crippen LogP contribution < -0.4 is 0 Å². The van der Waals surface area contributed by atoms with E-state index in [9.17, 15) is 9.59 Å². The number of fused-ring (bicyclic) bond motifs is 3. The predicted molar refractivity (Wildman–Crippen MR) is 98.2 cm³/mol. The molecule has 0 saturated heterocycles. The van der Waals surface area contributed by atoms with Crippen LogP contribution in [0.15, 0.2) is 60.7 Å². The standard InChI is InChI=1S/C22H18O4/c1-25-20-12-19(23)18-10-7-15-11-16(8-9-17(15)21(18)20)22(24)26-13-14-5-3-2-4-6-14/h2-11,20H,12-13H2,1H3. The second kappa shape index (κ2) is 6.73. The molecule has 130 valence electrons. The van der Waals surface area contributed by atoms with Crippen molar-refractivity contribution in [1.82, 2.24) is 0 Å². The van der Waals surface area contributed by atoms with E-state index in [0.29, 0.717) is 17.5 Å². The summed E-state index contributed by atoms with van der Waals surface area (Å²) in [4.78, 5) is 24.5. The summed E-state index contributed by atoms with van der Waals surface area (Å²) in [7, 11) is 1.61. The first-order valence-corrected chi connectivity index (χ1v) is 8.51. The fraction of sp³-hybridized carbons (Fsp3) is 0.182. The van der Waals surface area contributed by atoms with Crippen molar-refractivity contribution >= 4 is 22.5 Å². The van der Waals surface area contributed by atoms with E-state index in [1.165, 1.54) is 0 Å². The quantitative estimate of drug-likeness (QED) is 0.654. The summed E-state index contributed by atoms with van der Waals surface area (Å²) in [5, 5.41) is 1.84. The minimum absolute atomic E-state index is 0.0973. The van der Waals surface area contributed by atoms with Crippen LogP contribution in [0, 0.1) is 0 Å². The van der Waals surface area contributed by atoms with E-state index < -0.39 is 0 Å². The Bertz CT molecular complexity index is 992. The Balaban J connectivity index is 1.62. The number of ketones is 1. The molecule has 1 aliphatic rings. The summed E-state index contributed by atoms with van der Waals surface area (Å²) in [6.07, 6.45) is 0.142. The van der Waals surface area contributed by atoms with Crippen molar-refractivity contribution in [2.75, 3.05) is 7.11 Å². The Hall–Kier alpha value is -2.98. The topological polar surface area (TPSA) is 52.6 Å². The van der Waals surface area contributed by atoms with Crippen LogP contribution in [0.2, 0.25) is 0 Å². The summed E-state index contributed by atoms with van der Waals surface area (Å²) in [6, 6.07) is 18.7. The molecule has 0 aromatic heterocycles. The highest BCUT2D eigenvalue weighted by Gasteiger charge is 2.31. The smallest absolute Gasteiger partial charge is 0.338 e. The molecule has 0 radical (unpaired) electrons. The first-order chi connectivity index (χ1) is 12.7. The molecule has 3 aromatic carbocycles. The molecule has 0 amide bonds. The van der Waals surface area contributed by atoms with Gasteiger partial charge < -0.3 is 9.47 Å². The Kier molecular flexibility index (Phi) is 4.27. The summed E-state index contributed by atoms with van der Waals surface area (Å²) in [5.41, 5.74) is 3.07. The number of hydrogen-bond donors (Lipinski definition) is 0. The van der Waals surface area contributed by atoms with Gasteiger partial charge in [-0.05, 0) is 34.0 Å². The van der Waals surface area contributed by atoms with Crippen molar-refractivity contribution in [2.24, 2.45) is 0 Å². The zero-order chi connectivity index (χ0) is 18.1. The van der Waals surface area contributed by atoms with Gasteiger partial charge >= 0.3 is 5.97 Å². The van der Waals surface area contributed by atoms with Gasteiger partial charge in [-0.15, -0.1) is 0 Å². The number of carbonyl (C=O) groups excluding carboxylic acids is 2. The number of hydrogen-bond acceptors (Lipinski definition) is 4. The van der Waals surface area contributed by atoms with Gasteiger partial charge in [-0.1, -0.05) is 48.5 Å². The highest BCUT2D eigenvalue weighted by atomic mass is 16.5. The number of carbonyl (C=O) groups is 2. The molecule has 26 heavy (non-hydrogen) atoms. The number of rotatable bonds is 4. The monoisotopic (exact) mass is 346 g/mol. The van der Waals surface area contributed by atoms with E-state index in [0.717, 1.165) is 21.9 Å². The van der Waals surface area contributed by atoms with Crippen LogP contribution in [0.4, 0.5) is 0 Å². The summed E-state index contributed by atoms with van der Waals surface area (Å²) in [6.45, 7) is 0.238. The van der Waals surface area contributed by atoms with Gasteiger partial charge in [-0.3, -0.25) is 4.79 Å². The highest BCUT2D eigenvalue weighted by Crippen LogP contribution is 2.38. The van der Waals surface area contributed by atoms with Gasteiger partial charge in [-0.2, -0.15) is 0 Å². The van der Waals surface area contributed by atoms with Gasteiger partial charge in [0.1, 0.15) is 6.61 Å². The van der Waals surface area contributed by atoms with E-state index in [4.69, 9.17) is 9.47 Å². The molecule has 3 aromatic rings. The lowest BCUT2D eigenvalue weighted by atomic mass is 9.98. The number of ether oxygens (including phenoxy) is 2. The lowest BCUT2D eigenvalue weighted by molar-refractivity contribution is 0.0472. The van der Waals surface area contributed by atoms with Crippen molar-refractivity contribution < 1.29 is 19.1 Å². The summed E-state index contributed by atoms with van der Waals surface area (Å²) >= 11 is 0. The molecule has 4 heteroatoms. The molecule has 0 heterocycles. The van der Waals surface area contributed by atoms with Crippen LogP contribution in [0.3, 0.4) is 0 Å².